The minimum atomic E-state index is -6.28. The summed E-state index contributed by atoms with van der Waals surface area (Å²) in [6, 6.07) is 1.81. The largest absolute Gasteiger partial charge is 0.459 e. The summed E-state index contributed by atoms with van der Waals surface area (Å²) in [5.41, 5.74) is -3.86. The van der Waals surface area contributed by atoms with Gasteiger partial charge in [0.2, 0.25) is 0 Å². The van der Waals surface area contributed by atoms with Crippen molar-refractivity contribution in [1.82, 2.24) is 24.9 Å². The van der Waals surface area contributed by atoms with Crippen LogP contribution in [-0.2, 0) is 19.1 Å². The van der Waals surface area contributed by atoms with Crippen LogP contribution in [0.4, 0.5) is 35.1 Å². The first kappa shape index (κ1) is 24.6. The van der Waals surface area contributed by atoms with E-state index in [-0.39, 0.29) is 16.3 Å². The van der Waals surface area contributed by atoms with Crippen LogP contribution in [0.5, 0.6) is 0 Å². The highest BCUT2D eigenvalue weighted by Gasteiger charge is 2.64. The van der Waals surface area contributed by atoms with Gasteiger partial charge in [0.25, 0.3) is 0 Å². The van der Waals surface area contributed by atoms with Crippen molar-refractivity contribution in [2.24, 2.45) is 7.05 Å². The molecule has 1 aliphatic carbocycles. The third-order valence-corrected chi connectivity index (χ3v) is 6.37. The molecule has 2 N–H and O–H groups in total. The van der Waals surface area contributed by atoms with Crippen LogP contribution in [0.1, 0.15) is 40.8 Å². The van der Waals surface area contributed by atoms with Crippen LogP contribution >= 0.6 is 11.3 Å². The van der Waals surface area contributed by atoms with Crippen molar-refractivity contribution in [3.8, 4) is 16.3 Å². The van der Waals surface area contributed by atoms with Gasteiger partial charge in [0, 0.05) is 40.2 Å². The van der Waals surface area contributed by atoms with Crippen molar-refractivity contribution in [1.29, 1.82) is 0 Å². The smallest absolute Gasteiger partial charge is 0.374 e. The number of hydrogen-bond acceptors (Lipinski definition) is 5. The maximum absolute atomic E-state index is 13.9. The van der Waals surface area contributed by atoms with Gasteiger partial charge in [0.1, 0.15) is 11.8 Å². The molecule has 3 aromatic rings. The molecule has 0 aliphatic heterocycles. The van der Waals surface area contributed by atoms with Gasteiger partial charge < -0.3 is 5.11 Å². The van der Waals surface area contributed by atoms with Gasteiger partial charge in [-0.3, -0.25) is 5.32 Å². The molecule has 0 amide bonds. The normalized spacial score (nSPS) is 16.3. The summed E-state index contributed by atoms with van der Waals surface area (Å²) < 4.78 is 108. The number of nitrogens with one attached hydrogen (secondary N) is 1. The Hall–Kier alpha value is -2.52. The molecule has 1 fully saturated rings. The Morgan fingerprint density at radius 1 is 1.15 bits per heavy atom. The van der Waals surface area contributed by atoms with Crippen molar-refractivity contribution in [3.05, 3.63) is 40.2 Å². The van der Waals surface area contributed by atoms with E-state index in [1.54, 1.807) is 13.0 Å². The number of thiophene rings is 1. The van der Waals surface area contributed by atoms with E-state index < -0.39 is 41.6 Å². The van der Waals surface area contributed by atoms with E-state index >= 15 is 0 Å². The monoisotopic (exact) mass is 515 g/mol. The van der Waals surface area contributed by atoms with Gasteiger partial charge in [-0.2, -0.15) is 45.3 Å². The molecular weight excluding hydrogens is 498 g/mol. The van der Waals surface area contributed by atoms with Crippen LogP contribution in [0.3, 0.4) is 0 Å². The molecule has 3 heterocycles. The fourth-order valence-electron chi connectivity index (χ4n) is 3.43. The number of halogens is 8. The first-order valence-corrected chi connectivity index (χ1v) is 10.6. The number of nitrogens with zero attached hydrogens (tertiary/aromatic N) is 4. The topological polar surface area (TPSA) is 67.9 Å². The third kappa shape index (κ3) is 4.31. The number of aryl methyl sites for hydroxylation is 2. The highest BCUT2D eigenvalue weighted by Crippen LogP contribution is 2.49. The number of rotatable bonds is 6. The first-order valence-electron chi connectivity index (χ1n) is 9.80. The summed E-state index contributed by atoms with van der Waals surface area (Å²) in [6.07, 6.45) is -8.74. The average Bonchev–Trinajstić information content (AvgIpc) is 3.10. The van der Waals surface area contributed by atoms with Crippen LogP contribution in [0, 0.1) is 6.92 Å². The Bertz CT molecular complexity index is 1200. The van der Waals surface area contributed by atoms with Gasteiger partial charge in [-0.25, -0.2) is 9.36 Å². The van der Waals surface area contributed by atoms with Gasteiger partial charge in [0.05, 0.1) is 6.20 Å². The van der Waals surface area contributed by atoms with Gasteiger partial charge in [-0.05, 0) is 25.8 Å². The zero-order chi connectivity index (χ0) is 25.2. The number of hydrogen-bond donors (Lipinski definition) is 2. The molecule has 0 radical (unpaired) electrons. The fourth-order valence-corrected chi connectivity index (χ4v) is 4.46. The van der Waals surface area contributed by atoms with E-state index in [0.29, 0.717) is 15.1 Å². The van der Waals surface area contributed by atoms with E-state index in [2.05, 4.69) is 15.5 Å². The molecule has 1 aliphatic rings. The summed E-state index contributed by atoms with van der Waals surface area (Å²) >= 11 is 1.21. The van der Waals surface area contributed by atoms with Crippen LogP contribution in [0.25, 0.3) is 16.3 Å². The quantitative estimate of drug-likeness (QED) is 0.356. The predicted molar refractivity (Wildman–Crippen MR) is 104 cm³/mol. The SMILES string of the molecule is Cc1sc(-c2cnn(-c3c(C(F)(F)F)c(C(F)(F)C(F)(F)F)nn3C)c2)cc1C(O)NC1CC1. The summed E-state index contributed by atoms with van der Waals surface area (Å²) in [5, 5.41) is 20.0. The second-order valence-electron chi connectivity index (χ2n) is 7.88. The molecule has 0 saturated heterocycles. The summed E-state index contributed by atoms with van der Waals surface area (Å²) in [7, 11) is 0.815. The minimum absolute atomic E-state index is 0.204. The summed E-state index contributed by atoms with van der Waals surface area (Å²) in [5.74, 6) is -6.93. The molecule has 1 saturated carbocycles. The lowest BCUT2D eigenvalue weighted by Crippen LogP contribution is -2.36. The lowest BCUT2D eigenvalue weighted by atomic mass is 10.1. The predicted octanol–water partition coefficient (Wildman–Crippen LogP) is 5.06. The Morgan fingerprint density at radius 3 is 2.35 bits per heavy atom. The highest BCUT2D eigenvalue weighted by molar-refractivity contribution is 7.15. The maximum atomic E-state index is 13.9. The van der Waals surface area contributed by atoms with Gasteiger partial charge in [0.15, 0.2) is 11.5 Å². The van der Waals surface area contributed by atoms with Crippen LogP contribution in [0.15, 0.2) is 18.5 Å². The van der Waals surface area contributed by atoms with Crippen molar-refractivity contribution in [2.75, 3.05) is 0 Å². The van der Waals surface area contributed by atoms with Crippen molar-refractivity contribution in [3.63, 3.8) is 0 Å². The molecule has 0 spiro atoms. The van der Waals surface area contributed by atoms with Crippen LogP contribution in [0.2, 0.25) is 0 Å². The Labute approximate surface area is 190 Å². The molecule has 34 heavy (non-hydrogen) atoms. The van der Waals surface area contributed by atoms with E-state index in [4.69, 9.17) is 0 Å². The Morgan fingerprint density at radius 2 is 1.79 bits per heavy atom. The second kappa shape index (κ2) is 8.02. The zero-order valence-corrected chi connectivity index (χ0v) is 18.3. The third-order valence-electron chi connectivity index (χ3n) is 5.26. The molecule has 3 aromatic heterocycles. The molecule has 1 unspecified atom stereocenters. The minimum Gasteiger partial charge on any atom is -0.374 e. The Balaban J connectivity index is 1.76. The summed E-state index contributed by atoms with van der Waals surface area (Å²) in [6.45, 7) is 1.74. The average molecular weight is 515 g/mol. The van der Waals surface area contributed by atoms with E-state index in [1.807, 2.05) is 0 Å². The molecule has 1 atom stereocenters. The van der Waals surface area contributed by atoms with Crippen LogP contribution < -0.4 is 5.32 Å². The van der Waals surface area contributed by atoms with Gasteiger partial charge >= 0.3 is 18.3 Å². The van der Waals surface area contributed by atoms with Crippen molar-refractivity contribution < 1.29 is 40.2 Å². The standard InChI is InChI=1S/C19H17F8N5OS/c1-8-11(15(33)29-10-3-4-10)5-12(34-8)9-6-28-32(7-9)16-13(18(22,23)24)14(30-31(16)2)17(20,21)19(25,26)27/h5-7,10,15,29,33H,3-4H2,1-2H3. The molecule has 6 nitrogen and oxygen atoms in total. The lowest BCUT2D eigenvalue weighted by Gasteiger charge is -2.19. The molecule has 186 valence electrons. The van der Waals surface area contributed by atoms with Crippen molar-refractivity contribution >= 4 is 11.3 Å². The fraction of sp³-hybridized carbons (Fsp3) is 0.474. The second-order valence-corrected chi connectivity index (χ2v) is 9.14. The van der Waals surface area contributed by atoms with E-state index in [0.717, 1.165) is 37.2 Å². The highest BCUT2D eigenvalue weighted by atomic mass is 32.1. The number of alkyl halides is 8. The number of aliphatic hydroxyl groups is 1. The number of aliphatic hydroxyl groups excluding tert-OH is 1. The van der Waals surface area contributed by atoms with Crippen LogP contribution in [-0.4, -0.2) is 36.9 Å². The lowest BCUT2D eigenvalue weighted by molar-refractivity contribution is -0.292. The van der Waals surface area contributed by atoms with E-state index in [9.17, 15) is 40.2 Å². The zero-order valence-electron chi connectivity index (χ0n) is 17.5. The van der Waals surface area contributed by atoms with Gasteiger partial charge in [-0.1, -0.05) is 0 Å². The molecular formula is C19H17F8N5OS. The van der Waals surface area contributed by atoms with Gasteiger partial charge in [-0.15, -0.1) is 11.3 Å². The molecule has 15 heteroatoms. The number of aromatic nitrogens is 4. The Kier molecular flexibility index (Phi) is 5.80. The van der Waals surface area contributed by atoms with E-state index in [1.165, 1.54) is 11.3 Å². The maximum Gasteiger partial charge on any atom is 0.459 e. The first-order chi connectivity index (χ1) is 15.6. The summed E-state index contributed by atoms with van der Waals surface area (Å²) in [4.78, 5) is 1.24. The molecule has 0 aromatic carbocycles. The molecule has 4 rings (SSSR count). The van der Waals surface area contributed by atoms with Crippen molar-refractivity contribution in [2.45, 2.75) is 50.3 Å². The molecule has 0 bridgehead atoms.